The molecule has 3 rings (SSSR count). The summed E-state index contributed by atoms with van der Waals surface area (Å²) in [5, 5.41) is 10.4. The maximum absolute atomic E-state index is 10.4. The molecule has 0 spiro atoms. The normalized spacial score (nSPS) is 18.4. The van der Waals surface area contributed by atoms with Crippen LogP contribution in [0.15, 0.2) is 54.7 Å². The van der Waals surface area contributed by atoms with Gasteiger partial charge in [-0.05, 0) is 49.8 Å². The molecule has 2 aromatic carbocycles. The zero-order valence-corrected chi connectivity index (χ0v) is 15.4. The zero-order valence-electron chi connectivity index (χ0n) is 15.4. The van der Waals surface area contributed by atoms with Gasteiger partial charge in [-0.1, -0.05) is 48.5 Å². The fourth-order valence-electron chi connectivity index (χ4n) is 2.75. The van der Waals surface area contributed by atoms with Crippen LogP contribution in [0.2, 0.25) is 0 Å². The largest absolute Gasteiger partial charge is 0.494 e. The monoisotopic (exact) mass is 351 g/mol. The summed E-state index contributed by atoms with van der Waals surface area (Å²) in [4.78, 5) is 9.91. The predicted molar refractivity (Wildman–Crippen MR) is 104 cm³/mol. The molecule has 134 valence electrons. The highest BCUT2D eigenvalue weighted by molar-refractivity contribution is 6.62. The molecule has 0 bridgehead atoms. The molecule has 5 nitrogen and oxygen atoms in total. The molecule has 6 heteroatoms. The second kappa shape index (κ2) is 6.70. The molecule has 1 fully saturated rings. The Bertz CT molecular complexity index is 810. The first-order valence-electron chi connectivity index (χ1n) is 8.56. The van der Waals surface area contributed by atoms with E-state index in [1.54, 1.807) is 0 Å². The van der Waals surface area contributed by atoms with Gasteiger partial charge in [0.25, 0.3) is 0 Å². The van der Waals surface area contributed by atoms with Gasteiger partial charge in [-0.15, -0.1) is 0 Å². The van der Waals surface area contributed by atoms with Gasteiger partial charge in [-0.2, -0.15) is 0 Å². The van der Waals surface area contributed by atoms with Crippen LogP contribution in [0.25, 0.3) is 17.2 Å². The third-order valence-corrected chi connectivity index (χ3v) is 5.07. The lowest BCUT2D eigenvalue weighted by Gasteiger charge is -2.32. The molecule has 1 heterocycles. The molecule has 0 amide bonds. The van der Waals surface area contributed by atoms with Gasteiger partial charge in [-0.3, -0.25) is 10.1 Å². The van der Waals surface area contributed by atoms with Crippen LogP contribution in [0.5, 0.6) is 0 Å². The van der Waals surface area contributed by atoms with Crippen LogP contribution in [-0.2, 0) is 9.31 Å². The minimum atomic E-state index is -0.470. The third-order valence-electron chi connectivity index (χ3n) is 5.07. The summed E-state index contributed by atoms with van der Waals surface area (Å²) >= 11 is 0. The van der Waals surface area contributed by atoms with Crippen molar-refractivity contribution in [3.8, 4) is 11.1 Å². The van der Waals surface area contributed by atoms with E-state index in [2.05, 4.69) is 0 Å². The van der Waals surface area contributed by atoms with Gasteiger partial charge in [0.05, 0.1) is 16.1 Å². The molecule has 1 saturated heterocycles. The van der Waals surface area contributed by atoms with Crippen LogP contribution in [0.4, 0.5) is 0 Å². The number of hydrogen-bond donors (Lipinski definition) is 0. The Labute approximate surface area is 153 Å². The average Bonchev–Trinajstić information content (AvgIpc) is 2.81. The van der Waals surface area contributed by atoms with Crippen molar-refractivity contribution in [2.75, 3.05) is 0 Å². The molecule has 0 aliphatic carbocycles. The molecule has 0 aromatic heterocycles. The highest BCUT2D eigenvalue weighted by Crippen LogP contribution is 2.36. The van der Waals surface area contributed by atoms with E-state index >= 15 is 0 Å². The average molecular weight is 351 g/mol. The van der Waals surface area contributed by atoms with Crippen LogP contribution in [-0.4, -0.2) is 23.2 Å². The van der Waals surface area contributed by atoms with Gasteiger partial charge in [-0.25, -0.2) is 0 Å². The molecule has 0 radical (unpaired) electrons. The Kier molecular flexibility index (Phi) is 4.73. The fourth-order valence-corrected chi connectivity index (χ4v) is 2.75. The van der Waals surface area contributed by atoms with E-state index < -0.39 is 4.92 Å². The summed E-state index contributed by atoms with van der Waals surface area (Å²) in [5.41, 5.74) is 3.17. The van der Waals surface area contributed by atoms with E-state index in [0.29, 0.717) is 0 Å². The van der Waals surface area contributed by atoms with E-state index in [9.17, 15) is 10.1 Å². The minimum absolute atomic E-state index is 0.358. The van der Waals surface area contributed by atoms with E-state index in [1.165, 1.54) is 6.08 Å². The summed E-state index contributed by atoms with van der Waals surface area (Å²) in [6, 6.07) is 15.7. The lowest BCUT2D eigenvalue weighted by Crippen LogP contribution is -2.41. The number of benzene rings is 2. The Morgan fingerprint density at radius 3 is 1.81 bits per heavy atom. The molecular formula is C20H22BNO4. The van der Waals surface area contributed by atoms with Gasteiger partial charge in [0.15, 0.2) is 0 Å². The Morgan fingerprint density at radius 1 is 0.885 bits per heavy atom. The number of nitro groups is 1. The van der Waals surface area contributed by atoms with E-state index in [0.717, 1.165) is 28.4 Å². The molecule has 1 aliphatic rings. The molecule has 0 saturated carbocycles. The van der Waals surface area contributed by atoms with E-state index in [4.69, 9.17) is 9.31 Å². The Morgan fingerprint density at radius 2 is 1.35 bits per heavy atom. The Balaban J connectivity index is 1.75. The zero-order chi connectivity index (χ0) is 18.9. The second-order valence-electron chi connectivity index (χ2n) is 7.43. The molecule has 26 heavy (non-hydrogen) atoms. The SMILES string of the molecule is CC1(C)OB(c2ccc(-c3ccc(/C=C/[N+](=O)[O-])cc3)cc2)OC1(C)C. The van der Waals surface area contributed by atoms with Crippen molar-refractivity contribution >= 4 is 18.7 Å². The fraction of sp³-hybridized carbons (Fsp3) is 0.300. The first-order valence-corrected chi connectivity index (χ1v) is 8.56. The number of hydrogen-bond acceptors (Lipinski definition) is 4. The summed E-state index contributed by atoms with van der Waals surface area (Å²) in [7, 11) is -0.372. The Hall–Kier alpha value is -2.44. The van der Waals surface area contributed by atoms with Gasteiger partial charge < -0.3 is 9.31 Å². The highest BCUT2D eigenvalue weighted by atomic mass is 16.7. The van der Waals surface area contributed by atoms with Gasteiger partial charge in [0.1, 0.15) is 0 Å². The molecule has 2 aromatic rings. The maximum Gasteiger partial charge on any atom is 0.494 e. The van der Waals surface area contributed by atoms with E-state index in [1.807, 2.05) is 76.2 Å². The minimum Gasteiger partial charge on any atom is -0.399 e. The summed E-state index contributed by atoms with van der Waals surface area (Å²) in [5.74, 6) is 0. The summed E-state index contributed by atoms with van der Waals surface area (Å²) < 4.78 is 12.1. The highest BCUT2D eigenvalue weighted by Gasteiger charge is 2.51. The summed E-state index contributed by atoms with van der Waals surface area (Å²) in [6.45, 7) is 8.15. The van der Waals surface area contributed by atoms with Crippen molar-refractivity contribution in [3.63, 3.8) is 0 Å². The first-order chi connectivity index (χ1) is 12.2. The van der Waals surface area contributed by atoms with Crippen molar-refractivity contribution in [1.82, 2.24) is 0 Å². The molecular weight excluding hydrogens is 329 g/mol. The van der Waals surface area contributed by atoms with Crippen molar-refractivity contribution in [2.24, 2.45) is 0 Å². The van der Waals surface area contributed by atoms with E-state index in [-0.39, 0.29) is 18.3 Å². The van der Waals surface area contributed by atoms with Gasteiger partial charge in [0.2, 0.25) is 6.20 Å². The molecule has 1 aliphatic heterocycles. The van der Waals surface area contributed by atoms with Crippen LogP contribution >= 0.6 is 0 Å². The van der Waals surface area contributed by atoms with Crippen molar-refractivity contribution in [3.05, 3.63) is 70.4 Å². The molecule has 0 unspecified atom stereocenters. The van der Waals surface area contributed by atoms with Gasteiger partial charge in [0, 0.05) is 6.08 Å². The molecule has 0 atom stereocenters. The van der Waals surface area contributed by atoms with Crippen LogP contribution in [0, 0.1) is 10.1 Å². The van der Waals surface area contributed by atoms with Crippen LogP contribution in [0.3, 0.4) is 0 Å². The van der Waals surface area contributed by atoms with Crippen LogP contribution < -0.4 is 5.46 Å². The third kappa shape index (κ3) is 3.71. The van der Waals surface area contributed by atoms with Crippen molar-refractivity contribution in [1.29, 1.82) is 0 Å². The lowest BCUT2D eigenvalue weighted by molar-refractivity contribution is -0.400. The predicted octanol–water partition coefficient (Wildman–Crippen LogP) is 3.90. The topological polar surface area (TPSA) is 61.6 Å². The standard InChI is InChI=1S/C20H22BNO4/c1-19(2)20(3,4)26-21(25-19)18-11-9-17(10-12-18)16-7-5-15(6-8-16)13-14-22(23)24/h5-14H,1-4H3/b14-13+. The summed E-state index contributed by atoms with van der Waals surface area (Å²) in [6.07, 6.45) is 2.42. The smallest absolute Gasteiger partial charge is 0.399 e. The van der Waals surface area contributed by atoms with Crippen molar-refractivity contribution < 1.29 is 14.2 Å². The van der Waals surface area contributed by atoms with Gasteiger partial charge >= 0.3 is 7.12 Å². The maximum atomic E-state index is 10.4. The first kappa shape index (κ1) is 18.4. The number of nitrogens with zero attached hydrogens (tertiary/aromatic N) is 1. The number of rotatable bonds is 4. The lowest BCUT2D eigenvalue weighted by atomic mass is 9.78. The van der Waals surface area contributed by atoms with Crippen molar-refractivity contribution in [2.45, 2.75) is 38.9 Å². The quantitative estimate of drug-likeness (QED) is 0.476. The molecule has 0 N–H and O–H groups in total. The van der Waals surface area contributed by atoms with Crippen LogP contribution in [0.1, 0.15) is 33.3 Å². The second-order valence-corrected chi connectivity index (χ2v) is 7.43.